The topological polar surface area (TPSA) is 63.2 Å². The molecule has 0 N–H and O–H groups in total. The van der Waals surface area contributed by atoms with Gasteiger partial charge in [-0.3, -0.25) is 4.40 Å². The van der Waals surface area contributed by atoms with Crippen LogP contribution in [0.3, 0.4) is 0 Å². The van der Waals surface area contributed by atoms with Crippen LogP contribution in [0.15, 0.2) is 42.6 Å². The Kier molecular flexibility index (Phi) is 3.28. The van der Waals surface area contributed by atoms with Gasteiger partial charge < -0.3 is 4.74 Å². The summed E-state index contributed by atoms with van der Waals surface area (Å²) in [4.78, 5) is 0. The van der Waals surface area contributed by atoms with Gasteiger partial charge in [0.2, 0.25) is 0 Å². The van der Waals surface area contributed by atoms with Crippen molar-refractivity contribution in [2.24, 2.45) is 0 Å². The zero-order valence-electron chi connectivity index (χ0n) is 11.8. The first kappa shape index (κ1) is 13.1. The van der Waals surface area contributed by atoms with Gasteiger partial charge in [-0.2, -0.15) is 5.26 Å². The van der Waals surface area contributed by atoms with E-state index in [1.807, 2.05) is 42.5 Å². The Morgan fingerprint density at radius 3 is 2.81 bits per heavy atom. The van der Waals surface area contributed by atoms with Crippen molar-refractivity contribution in [3.63, 3.8) is 0 Å². The van der Waals surface area contributed by atoms with E-state index in [0.717, 1.165) is 11.3 Å². The molecule has 0 saturated carbocycles. The molecular formula is C16H14N4O. The van der Waals surface area contributed by atoms with E-state index in [4.69, 9.17) is 10.00 Å². The average Bonchev–Trinajstić information content (AvgIpc) is 2.89. The third kappa shape index (κ3) is 2.56. The Hall–Kier alpha value is -2.87. The fraction of sp³-hybridized carbons (Fsp3) is 0.188. The molecule has 3 aromatic rings. The number of ether oxygens (including phenoxy) is 1. The van der Waals surface area contributed by atoms with Crippen LogP contribution in [-0.4, -0.2) is 20.7 Å². The molecule has 0 unspecified atom stereocenters. The second-order valence-corrected chi connectivity index (χ2v) is 4.98. The molecule has 2 aromatic heterocycles. The highest BCUT2D eigenvalue weighted by Gasteiger charge is 2.10. The molecule has 0 amide bonds. The molecule has 5 heteroatoms. The van der Waals surface area contributed by atoms with Crippen LogP contribution in [0, 0.1) is 11.3 Å². The van der Waals surface area contributed by atoms with Gasteiger partial charge in [0.05, 0.1) is 11.7 Å². The first-order chi connectivity index (χ1) is 10.2. The van der Waals surface area contributed by atoms with E-state index in [9.17, 15) is 0 Å². The summed E-state index contributed by atoms with van der Waals surface area (Å²) in [6, 6.07) is 13.3. The molecule has 0 radical (unpaired) electrons. The van der Waals surface area contributed by atoms with Gasteiger partial charge in [-0.25, -0.2) is 0 Å². The Balaban J connectivity index is 2.10. The summed E-state index contributed by atoms with van der Waals surface area (Å²) in [6.45, 7) is 3.97. The molecule has 1 aromatic carbocycles. The van der Waals surface area contributed by atoms with Crippen molar-refractivity contribution in [3.05, 3.63) is 48.2 Å². The summed E-state index contributed by atoms with van der Waals surface area (Å²) in [7, 11) is 0. The number of hydrogen-bond donors (Lipinski definition) is 0. The number of hydrogen-bond acceptors (Lipinski definition) is 4. The molecule has 0 aliphatic rings. The second-order valence-electron chi connectivity index (χ2n) is 4.98. The van der Waals surface area contributed by atoms with Gasteiger partial charge in [-0.1, -0.05) is 12.1 Å². The molecule has 0 fully saturated rings. The van der Waals surface area contributed by atoms with Crippen LogP contribution < -0.4 is 4.74 Å². The highest BCUT2D eigenvalue weighted by molar-refractivity contribution is 5.61. The number of benzene rings is 1. The van der Waals surface area contributed by atoms with Gasteiger partial charge in [0.15, 0.2) is 11.5 Å². The Bertz CT molecular complexity index is 830. The minimum absolute atomic E-state index is 0.112. The number of rotatable bonds is 3. The van der Waals surface area contributed by atoms with Crippen LogP contribution in [0.25, 0.3) is 17.0 Å². The van der Waals surface area contributed by atoms with Crippen LogP contribution in [0.1, 0.15) is 19.4 Å². The third-order valence-electron chi connectivity index (χ3n) is 3.00. The number of aromatic nitrogens is 3. The summed E-state index contributed by atoms with van der Waals surface area (Å²) >= 11 is 0. The molecule has 104 valence electrons. The summed E-state index contributed by atoms with van der Waals surface area (Å²) in [5.74, 6) is 1.48. The van der Waals surface area contributed by atoms with Crippen LogP contribution >= 0.6 is 0 Å². The van der Waals surface area contributed by atoms with Gasteiger partial charge in [0, 0.05) is 11.8 Å². The molecule has 0 aliphatic heterocycles. The molecule has 21 heavy (non-hydrogen) atoms. The van der Waals surface area contributed by atoms with Gasteiger partial charge in [0.1, 0.15) is 11.8 Å². The lowest BCUT2D eigenvalue weighted by atomic mass is 10.2. The minimum Gasteiger partial charge on any atom is -0.491 e. The van der Waals surface area contributed by atoms with Crippen molar-refractivity contribution in [3.8, 4) is 23.2 Å². The monoisotopic (exact) mass is 278 g/mol. The second kappa shape index (κ2) is 5.25. The van der Waals surface area contributed by atoms with Crippen LogP contribution in [-0.2, 0) is 0 Å². The van der Waals surface area contributed by atoms with Crippen LogP contribution in [0.4, 0.5) is 0 Å². The number of fused-ring (bicyclic) bond motifs is 1. The van der Waals surface area contributed by atoms with Crippen molar-refractivity contribution < 1.29 is 4.74 Å². The predicted octanol–water partition coefficient (Wildman–Crippen LogP) is 3.06. The lowest BCUT2D eigenvalue weighted by molar-refractivity contribution is 0.242. The van der Waals surface area contributed by atoms with E-state index >= 15 is 0 Å². The van der Waals surface area contributed by atoms with Gasteiger partial charge in [0.25, 0.3) is 0 Å². The van der Waals surface area contributed by atoms with Gasteiger partial charge >= 0.3 is 0 Å². The van der Waals surface area contributed by atoms with Crippen molar-refractivity contribution in [1.82, 2.24) is 14.6 Å². The minimum atomic E-state index is 0.112. The molecule has 0 spiro atoms. The lowest BCUT2D eigenvalue weighted by Gasteiger charge is -2.10. The SMILES string of the molecule is CC(C)Oc1cccc(-c2nnc3ccc(C#N)cn23)c1. The standard InChI is InChI=1S/C16H14N4O/c1-11(2)21-14-5-3-4-13(8-14)16-19-18-15-7-6-12(9-17)10-20(15)16/h3-8,10-11H,1-2H3. The third-order valence-corrected chi connectivity index (χ3v) is 3.00. The van der Waals surface area contributed by atoms with Crippen molar-refractivity contribution in [2.75, 3.05) is 0 Å². The van der Waals surface area contributed by atoms with E-state index in [0.29, 0.717) is 17.0 Å². The van der Waals surface area contributed by atoms with Gasteiger partial charge in [-0.05, 0) is 38.1 Å². The maximum absolute atomic E-state index is 9.02. The quantitative estimate of drug-likeness (QED) is 0.738. The highest BCUT2D eigenvalue weighted by Crippen LogP contribution is 2.24. The van der Waals surface area contributed by atoms with Gasteiger partial charge in [-0.15, -0.1) is 10.2 Å². The van der Waals surface area contributed by atoms with E-state index in [2.05, 4.69) is 16.3 Å². The smallest absolute Gasteiger partial charge is 0.168 e. The first-order valence-corrected chi connectivity index (χ1v) is 6.69. The predicted molar refractivity (Wildman–Crippen MR) is 78.9 cm³/mol. The van der Waals surface area contributed by atoms with Crippen molar-refractivity contribution >= 4 is 5.65 Å². The Morgan fingerprint density at radius 2 is 2.05 bits per heavy atom. The largest absolute Gasteiger partial charge is 0.491 e. The molecule has 3 rings (SSSR count). The average molecular weight is 278 g/mol. The highest BCUT2D eigenvalue weighted by atomic mass is 16.5. The van der Waals surface area contributed by atoms with Crippen molar-refractivity contribution in [1.29, 1.82) is 5.26 Å². The normalized spacial score (nSPS) is 10.8. The molecule has 5 nitrogen and oxygen atoms in total. The fourth-order valence-electron chi connectivity index (χ4n) is 2.13. The summed E-state index contributed by atoms with van der Waals surface area (Å²) in [5.41, 5.74) is 2.17. The molecule has 0 saturated heterocycles. The summed E-state index contributed by atoms with van der Waals surface area (Å²) < 4.78 is 7.51. The van der Waals surface area contributed by atoms with Crippen molar-refractivity contribution in [2.45, 2.75) is 20.0 Å². The fourth-order valence-corrected chi connectivity index (χ4v) is 2.13. The molecular weight excluding hydrogens is 264 g/mol. The Morgan fingerprint density at radius 1 is 1.19 bits per heavy atom. The van der Waals surface area contributed by atoms with E-state index in [-0.39, 0.29) is 6.10 Å². The van der Waals surface area contributed by atoms with Crippen LogP contribution in [0.5, 0.6) is 5.75 Å². The summed E-state index contributed by atoms with van der Waals surface area (Å²) in [5, 5.41) is 17.3. The van der Waals surface area contributed by atoms with E-state index in [1.54, 1.807) is 18.3 Å². The molecule has 0 bridgehead atoms. The van der Waals surface area contributed by atoms with E-state index in [1.165, 1.54) is 0 Å². The maximum Gasteiger partial charge on any atom is 0.168 e. The molecule has 0 aliphatic carbocycles. The Labute approximate surface area is 122 Å². The maximum atomic E-state index is 9.02. The first-order valence-electron chi connectivity index (χ1n) is 6.69. The zero-order chi connectivity index (χ0) is 14.8. The van der Waals surface area contributed by atoms with Crippen LogP contribution in [0.2, 0.25) is 0 Å². The van der Waals surface area contributed by atoms with E-state index < -0.39 is 0 Å². The lowest BCUT2D eigenvalue weighted by Crippen LogP contribution is -2.05. The molecule has 0 atom stereocenters. The number of nitriles is 1. The number of pyridine rings is 1. The number of nitrogens with zero attached hydrogens (tertiary/aromatic N) is 4. The summed E-state index contributed by atoms with van der Waals surface area (Å²) in [6.07, 6.45) is 1.85. The zero-order valence-corrected chi connectivity index (χ0v) is 11.8. The molecule has 2 heterocycles.